The molecule has 0 saturated heterocycles. The molecule has 0 saturated carbocycles. The van der Waals surface area contributed by atoms with Crippen molar-refractivity contribution in [1.82, 2.24) is 0 Å². The zero-order chi connectivity index (χ0) is 44.4. The molecule has 0 aromatic carbocycles. The lowest BCUT2D eigenvalue weighted by molar-refractivity contribution is -0.167. The summed E-state index contributed by atoms with van der Waals surface area (Å²) in [6.07, 6.45) is 57.3. The van der Waals surface area contributed by atoms with Crippen molar-refractivity contribution in [2.45, 2.75) is 297 Å². The van der Waals surface area contributed by atoms with Crippen LogP contribution in [0.25, 0.3) is 0 Å². The zero-order valence-electron chi connectivity index (χ0n) is 40.9. The van der Waals surface area contributed by atoms with Crippen molar-refractivity contribution in [2.75, 3.05) is 13.2 Å². The first-order chi connectivity index (χ1) is 30.0. The molecule has 0 bridgehead atoms. The Kier molecular flexibility index (Phi) is 48.8. The van der Waals surface area contributed by atoms with Gasteiger partial charge in [0.2, 0.25) is 0 Å². The fourth-order valence-electron chi connectivity index (χ4n) is 7.84. The highest BCUT2D eigenvalue weighted by molar-refractivity contribution is 5.71. The van der Waals surface area contributed by atoms with Gasteiger partial charge in [-0.3, -0.25) is 14.4 Å². The molecule has 6 nitrogen and oxygen atoms in total. The van der Waals surface area contributed by atoms with Crippen LogP contribution in [0.4, 0.5) is 0 Å². The average molecular weight is 859 g/mol. The quantitative estimate of drug-likeness (QED) is 0.0262. The lowest BCUT2D eigenvalue weighted by atomic mass is 10.0. The number of unbranched alkanes of at least 4 members (excludes halogenated alkanes) is 34. The molecule has 0 aliphatic carbocycles. The summed E-state index contributed by atoms with van der Waals surface area (Å²) in [4.78, 5) is 38.0. The standard InChI is InChI=1S/C55H102O6/c1-4-7-10-13-16-19-22-25-27-30-32-35-38-41-44-47-53(56)59-50-52(61-55(58)49-46-43-40-37-34-29-24-21-18-15-12-9-6-3)51-60-54(57)48-45-42-39-36-33-31-28-26-23-20-17-14-11-8-5-2/h25-28,52H,4-24,29-51H2,1-3H3/b27-25-,28-26-. The summed E-state index contributed by atoms with van der Waals surface area (Å²) in [5, 5.41) is 0. The van der Waals surface area contributed by atoms with E-state index in [9.17, 15) is 14.4 Å². The fourth-order valence-corrected chi connectivity index (χ4v) is 7.84. The molecule has 0 fully saturated rings. The Bertz CT molecular complexity index is 933. The van der Waals surface area contributed by atoms with E-state index in [0.29, 0.717) is 19.3 Å². The number of ether oxygens (including phenoxy) is 3. The average Bonchev–Trinajstić information content (AvgIpc) is 3.26. The number of esters is 3. The molecular weight excluding hydrogens is 757 g/mol. The van der Waals surface area contributed by atoms with Gasteiger partial charge in [-0.25, -0.2) is 0 Å². The number of carbonyl (C=O) groups is 3. The molecule has 358 valence electrons. The van der Waals surface area contributed by atoms with Crippen LogP contribution in [0.1, 0.15) is 290 Å². The first-order valence-corrected chi connectivity index (χ1v) is 26.8. The van der Waals surface area contributed by atoms with Gasteiger partial charge in [-0.2, -0.15) is 0 Å². The van der Waals surface area contributed by atoms with Crippen LogP contribution in [0, 0.1) is 0 Å². The second kappa shape index (κ2) is 50.5. The Morgan fingerprint density at radius 3 is 0.820 bits per heavy atom. The lowest BCUT2D eigenvalue weighted by Gasteiger charge is -2.18. The van der Waals surface area contributed by atoms with E-state index in [1.54, 1.807) is 0 Å². The van der Waals surface area contributed by atoms with Crippen LogP contribution in [-0.2, 0) is 28.6 Å². The van der Waals surface area contributed by atoms with E-state index in [1.807, 2.05) is 0 Å². The van der Waals surface area contributed by atoms with Crippen LogP contribution in [0.2, 0.25) is 0 Å². The van der Waals surface area contributed by atoms with Gasteiger partial charge in [0.25, 0.3) is 0 Å². The summed E-state index contributed by atoms with van der Waals surface area (Å²) < 4.78 is 16.8. The van der Waals surface area contributed by atoms with Gasteiger partial charge < -0.3 is 14.2 Å². The summed E-state index contributed by atoms with van der Waals surface area (Å²) in [7, 11) is 0. The van der Waals surface area contributed by atoms with E-state index < -0.39 is 6.10 Å². The van der Waals surface area contributed by atoms with Crippen molar-refractivity contribution < 1.29 is 28.6 Å². The van der Waals surface area contributed by atoms with Crippen LogP contribution in [0.15, 0.2) is 24.3 Å². The Morgan fingerprint density at radius 2 is 0.541 bits per heavy atom. The maximum Gasteiger partial charge on any atom is 0.306 e. The maximum absolute atomic E-state index is 12.8. The van der Waals surface area contributed by atoms with Crippen molar-refractivity contribution >= 4 is 17.9 Å². The van der Waals surface area contributed by atoms with Gasteiger partial charge in [0.1, 0.15) is 13.2 Å². The molecule has 0 radical (unpaired) electrons. The Hall–Kier alpha value is -2.11. The maximum atomic E-state index is 12.8. The Morgan fingerprint density at radius 1 is 0.311 bits per heavy atom. The molecule has 0 rings (SSSR count). The third-order valence-corrected chi connectivity index (χ3v) is 11.9. The molecule has 0 aliphatic heterocycles. The smallest absolute Gasteiger partial charge is 0.306 e. The second-order valence-electron chi connectivity index (χ2n) is 18.1. The molecule has 0 aromatic heterocycles. The first-order valence-electron chi connectivity index (χ1n) is 26.8. The summed E-state index contributed by atoms with van der Waals surface area (Å²) in [6, 6.07) is 0. The molecule has 0 N–H and O–H groups in total. The van der Waals surface area contributed by atoms with E-state index in [2.05, 4.69) is 45.1 Å². The molecule has 0 aliphatic rings. The molecule has 0 amide bonds. The minimum atomic E-state index is -0.773. The minimum Gasteiger partial charge on any atom is -0.462 e. The summed E-state index contributed by atoms with van der Waals surface area (Å²) >= 11 is 0. The number of allylic oxidation sites excluding steroid dienone is 4. The molecule has 0 heterocycles. The van der Waals surface area contributed by atoms with Crippen LogP contribution < -0.4 is 0 Å². The van der Waals surface area contributed by atoms with E-state index in [1.165, 1.54) is 180 Å². The largest absolute Gasteiger partial charge is 0.462 e. The molecule has 0 atom stereocenters. The van der Waals surface area contributed by atoms with Gasteiger partial charge in [-0.15, -0.1) is 0 Å². The minimum absolute atomic E-state index is 0.0745. The highest BCUT2D eigenvalue weighted by Gasteiger charge is 2.19. The summed E-state index contributed by atoms with van der Waals surface area (Å²) in [5.74, 6) is -0.876. The van der Waals surface area contributed by atoms with Gasteiger partial charge >= 0.3 is 17.9 Å². The fraction of sp³-hybridized carbons (Fsp3) is 0.873. The number of carbonyl (C=O) groups excluding carboxylic acids is 3. The molecule has 0 aromatic rings. The van der Waals surface area contributed by atoms with Crippen molar-refractivity contribution in [1.29, 1.82) is 0 Å². The monoisotopic (exact) mass is 859 g/mol. The van der Waals surface area contributed by atoms with Crippen LogP contribution in [-0.4, -0.2) is 37.2 Å². The van der Waals surface area contributed by atoms with Crippen LogP contribution in [0.5, 0.6) is 0 Å². The van der Waals surface area contributed by atoms with Crippen molar-refractivity contribution in [3.8, 4) is 0 Å². The summed E-state index contributed by atoms with van der Waals surface area (Å²) in [5.41, 5.74) is 0. The van der Waals surface area contributed by atoms with Gasteiger partial charge in [0.05, 0.1) is 0 Å². The Labute approximate surface area is 379 Å². The number of hydrogen-bond acceptors (Lipinski definition) is 6. The highest BCUT2D eigenvalue weighted by Crippen LogP contribution is 2.16. The number of rotatable bonds is 49. The van der Waals surface area contributed by atoms with E-state index in [4.69, 9.17) is 14.2 Å². The van der Waals surface area contributed by atoms with E-state index >= 15 is 0 Å². The molecular formula is C55H102O6. The van der Waals surface area contributed by atoms with Gasteiger partial charge in [-0.05, 0) is 70.6 Å². The SMILES string of the molecule is CCCCCCCC/C=C\CCCCCCCC(=O)OCC(COC(=O)CCCCCCC/C=C\CCCCCCCC)OC(=O)CCCCCCCCCCCCCCC. The number of hydrogen-bond donors (Lipinski definition) is 0. The molecule has 61 heavy (non-hydrogen) atoms. The topological polar surface area (TPSA) is 78.9 Å². The summed E-state index contributed by atoms with van der Waals surface area (Å²) in [6.45, 7) is 6.64. The Balaban J connectivity index is 4.36. The van der Waals surface area contributed by atoms with Crippen molar-refractivity contribution in [3.05, 3.63) is 24.3 Å². The van der Waals surface area contributed by atoms with Crippen molar-refractivity contribution in [2.24, 2.45) is 0 Å². The third kappa shape index (κ3) is 48.8. The first kappa shape index (κ1) is 58.9. The van der Waals surface area contributed by atoms with E-state index in [0.717, 1.165) is 70.6 Å². The predicted molar refractivity (Wildman–Crippen MR) is 261 cm³/mol. The normalized spacial score (nSPS) is 11.7. The van der Waals surface area contributed by atoms with E-state index in [-0.39, 0.29) is 31.1 Å². The molecule has 6 heteroatoms. The highest BCUT2D eigenvalue weighted by atomic mass is 16.6. The lowest BCUT2D eigenvalue weighted by Crippen LogP contribution is -2.30. The van der Waals surface area contributed by atoms with Crippen LogP contribution in [0.3, 0.4) is 0 Å². The van der Waals surface area contributed by atoms with Gasteiger partial charge in [-0.1, -0.05) is 225 Å². The molecule has 0 unspecified atom stereocenters. The van der Waals surface area contributed by atoms with Gasteiger partial charge in [0, 0.05) is 19.3 Å². The third-order valence-electron chi connectivity index (χ3n) is 11.9. The second-order valence-corrected chi connectivity index (χ2v) is 18.1. The zero-order valence-corrected chi connectivity index (χ0v) is 40.9. The van der Waals surface area contributed by atoms with Crippen molar-refractivity contribution in [3.63, 3.8) is 0 Å². The van der Waals surface area contributed by atoms with Gasteiger partial charge in [0.15, 0.2) is 6.10 Å². The van der Waals surface area contributed by atoms with Crippen LogP contribution >= 0.6 is 0 Å². The predicted octanol–water partition coefficient (Wildman–Crippen LogP) is 17.5. The molecule has 0 spiro atoms.